The van der Waals surface area contributed by atoms with Crippen LogP contribution in [0.4, 0.5) is 5.69 Å². The van der Waals surface area contributed by atoms with E-state index in [1.54, 1.807) is 7.11 Å². The minimum atomic E-state index is -2.51. The third-order valence-electron chi connectivity index (χ3n) is 13.1. The van der Waals surface area contributed by atoms with Gasteiger partial charge < -0.3 is 24.4 Å². The number of aromatic nitrogens is 2. The molecule has 5 atom stereocenters. The van der Waals surface area contributed by atoms with Crippen LogP contribution in [0.2, 0.25) is 18.6 Å². The van der Waals surface area contributed by atoms with Crippen LogP contribution < -0.4 is 20.4 Å². The van der Waals surface area contributed by atoms with E-state index in [1.807, 2.05) is 113 Å². The lowest BCUT2D eigenvalue weighted by Gasteiger charge is -2.39. The number of fused-ring (bicyclic) bond motifs is 4. The first kappa shape index (κ1) is 37.8. The number of aliphatic hydroxyl groups excluding tert-OH is 1. The fraction of sp³-hybridized carbons (Fsp3) is 0.298. The summed E-state index contributed by atoms with van der Waals surface area (Å²) in [4.78, 5) is 46.7. The van der Waals surface area contributed by atoms with Gasteiger partial charge in [0.15, 0.2) is 5.60 Å². The Bertz CT molecular complexity index is 2580. The van der Waals surface area contributed by atoms with E-state index in [0.717, 1.165) is 39.2 Å². The topological polar surface area (TPSA) is 117 Å². The smallest absolute Gasteiger partial charge is 0.279 e. The fourth-order valence-electron chi connectivity index (χ4n) is 10.1. The number of H-pyrrole nitrogens is 1. The summed E-state index contributed by atoms with van der Waals surface area (Å²) in [7, 11) is -0.851. The molecule has 5 aromatic carbocycles. The Morgan fingerprint density at radius 1 is 0.897 bits per heavy atom. The molecule has 0 unspecified atom stereocenters. The van der Waals surface area contributed by atoms with E-state index in [-0.39, 0.29) is 47.9 Å². The number of carbonyl (C=O) groups is 2. The first-order valence-electron chi connectivity index (χ1n) is 20.0. The number of rotatable bonds is 9. The van der Waals surface area contributed by atoms with Gasteiger partial charge in [-0.1, -0.05) is 104 Å². The molecule has 3 aliphatic rings. The van der Waals surface area contributed by atoms with Crippen LogP contribution in [0, 0.1) is 5.92 Å². The lowest BCUT2D eigenvalue weighted by Crippen LogP contribution is -2.52. The van der Waals surface area contributed by atoms with Crippen molar-refractivity contribution in [2.45, 2.75) is 69.2 Å². The predicted octanol–water partition coefficient (Wildman–Crippen LogP) is 6.43. The minimum absolute atomic E-state index is 0.0860. The number of benzene rings is 5. The van der Waals surface area contributed by atoms with Crippen LogP contribution in [0.5, 0.6) is 5.75 Å². The highest BCUT2D eigenvalue weighted by Crippen LogP contribution is 2.60. The molecule has 1 spiro atoms. The van der Waals surface area contributed by atoms with E-state index >= 15 is 4.79 Å². The summed E-state index contributed by atoms with van der Waals surface area (Å²) in [5.74, 6) is 0.262. The number of aromatic amines is 1. The van der Waals surface area contributed by atoms with E-state index in [0.29, 0.717) is 30.6 Å². The summed E-state index contributed by atoms with van der Waals surface area (Å²) >= 11 is 0. The quantitative estimate of drug-likeness (QED) is 0.163. The van der Waals surface area contributed by atoms with E-state index in [4.69, 9.17) is 9.47 Å². The zero-order chi connectivity index (χ0) is 40.3. The van der Waals surface area contributed by atoms with E-state index in [2.05, 4.69) is 43.3 Å². The van der Waals surface area contributed by atoms with Crippen molar-refractivity contribution in [2.24, 2.45) is 5.92 Å². The number of nitrogens with zero attached hydrogens (tertiary/aromatic N) is 3. The van der Waals surface area contributed by atoms with Gasteiger partial charge in [0.2, 0.25) is 5.91 Å². The zero-order valence-corrected chi connectivity index (χ0v) is 34.2. The number of methoxy groups -OCH3 is 1. The lowest BCUT2D eigenvalue weighted by atomic mass is 9.82. The fourth-order valence-corrected chi connectivity index (χ4v) is 14.1. The maximum atomic E-state index is 15.3. The molecule has 2 N–H and O–H groups in total. The second-order valence-corrected chi connectivity index (χ2v) is 21.3. The molecule has 1 fully saturated rings. The van der Waals surface area contributed by atoms with Crippen molar-refractivity contribution in [1.29, 1.82) is 0 Å². The predicted molar refractivity (Wildman–Crippen MR) is 227 cm³/mol. The van der Waals surface area contributed by atoms with Crippen LogP contribution in [0.15, 0.2) is 126 Å². The van der Waals surface area contributed by atoms with Crippen molar-refractivity contribution < 1.29 is 24.2 Å². The number of para-hydroxylation sites is 2. The minimum Gasteiger partial charge on any atom is -0.497 e. The molecule has 296 valence electrons. The molecule has 0 bridgehead atoms. The molecular weight excluding hydrogens is 745 g/mol. The second kappa shape index (κ2) is 14.6. The number of hydrogen-bond donors (Lipinski definition) is 2. The summed E-state index contributed by atoms with van der Waals surface area (Å²) in [5.41, 5.74) is 4.63. The Morgan fingerprint density at radius 2 is 1.59 bits per heavy atom. The summed E-state index contributed by atoms with van der Waals surface area (Å²) in [6.07, 6.45) is 0.111. The number of ether oxygens (including phenoxy) is 2. The van der Waals surface area contributed by atoms with Crippen LogP contribution >= 0.6 is 0 Å². The van der Waals surface area contributed by atoms with Crippen molar-refractivity contribution in [3.05, 3.63) is 154 Å². The first-order valence-corrected chi connectivity index (χ1v) is 23.1. The average molecular weight is 793 g/mol. The number of carbonyl (C=O) groups excluding carboxylic acids is 2. The number of aliphatic hydroxyl groups is 1. The number of amides is 2. The monoisotopic (exact) mass is 792 g/mol. The van der Waals surface area contributed by atoms with E-state index < -0.39 is 19.8 Å². The van der Waals surface area contributed by atoms with Crippen molar-refractivity contribution in [1.82, 2.24) is 14.7 Å². The molecule has 1 aromatic heterocycles. The molecule has 9 rings (SSSR count). The van der Waals surface area contributed by atoms with Crippen LogP contribution in [-0.4, -0.2) is 65.5 Å². The van der Waals surface area contributed by atoms with Gasteiger partial charge in [0.1, 0.15) is 5.75 Å². The second-order valence-electron chi connectivity index (χ2n) is 16.6. The molecule has 1 saturated heterocycles. The summed E-state index contributed by atoms with van der Waals surface area (Å²) in [5, 5.41) is 15.5. The van der Waals surface area contributed by atoms with Gasteiger partial charge >= 0.3 is 0 Å². The zero-order valence-electron chi connectivity index (χ0n) is 33.2. The van der Waals surface area contributed by atoms with Gasteiger partial charge in [0.25, 0.3) is 11.5 Å². The van der Waals surface area contributed by atoms with Gasteiger partial charge in [-0.25, -0.2) is 4.68 Å². The normalized spacial score (nSPS) is 22.7. The highest BCUT2D eigenvalue weighted by molar-refractivity contribution is 6.91. The van der Waals surface area contributed by atoms with Crippen LogP contribution in [0.3, 0.4) is 0 Å². The Hall–Kier alpha value is -5.75. The third-order valence-corrected chi connectivity index (χ3v) is 17.5. The number of anilines is 1. The number of hydrogen-bond acceptors (Lipinski definition) is 6. The highest BCUT2D eigenvalue weighted by atomic mass is 28.3. The lowest BCUT2D eigenvalue weighted by molar-refractivity contribution is -0.151. The molecule has 0 radical (unpaired) electrons. The van der Waals surface area contributed by atoms with Gasteiger partial charge in [0, 0.05) is 18.0 Å². The SMILES string of the molecule is COc1ccc([Si](C)(C)[C@@H]2[C@@H](CC(=O)N3Cc4ccccc4C[C@H]3CO)O[C@]3(C(=O)N(Cc4ccc(-n5[nH]c6ccccc6c5=O)cc4)c4ccccc43)[C@H]2C)cc1. The Kier molecular flexibility index (Phi) is 9.49. The van der Waals surface area contributed by atoms with Crippen molar-refractivity contribution in [3.8, 4) is 11.4 Å². The highest BCUT2D eigenvalue weighted by Gasteiger charge is 2.66. The Balaban J connectivity index is 1.06. The van der Waals surface area contributed by atoms with Gasteiger partial charge in [-0.15, -0.1) is 0 Å². The molecule has 0 aliphatic carbocycles. The number of nitrogens with one attached hydrogen (secondary N) is 1. The summed E-state index contributed by atoms with van der Waals surface area (Å²) in [6.45, 7) is 7.34. The van der Waals surface area contributed by atoms with Crippen LogP contribution in [0.1, 0.15) is 35.6 Å². The van der Waals surface area contributed by atoms with Crippen LogP contribution in [-0.2, 0) is 39.4 Å². The maximum Gasteiger partial charge on any atom is 0.279 e. The van der Waals surface area contributed by atoms with Gasteiger partial charge in [-0.3, -0.25) is 19.5 Å². The van der Waals surface area contributed by atoms with Gasteiger partial charge in [-0.2, -0.15) is 0 Å². The molecule has 6 aromatic rings. The molecule has 10 nitrogen and oxygen atoms in total. The maximum absolute atomic E-state index is 15.3. The summed E-state index contributed by atoms with van der Waals surface area (Å²) in [6, 6.07) is 39.0. The summed E-state index contributed by atoms with van der Waals surface area (Å²) < 4.78 is 14.3. The molecule has 0 saturated carbocycles. The van der Waals surface area contributed by atoms with Gasteiger partial charge in [0.05, 0.1) is 69.2 Å². The van der Waals surface area contributed by atoms with Crippen molar-refractivity contribution in [3.63, 3.8) is 0 Å². The Labute approximate surface area is 338 Å². The molecule has 3 aliphatic heterocycles. The van der Waals surface area contributed by atoms with E-state index in [9.17, 15) is 14.7 Å². The van der Waals surface area contributed by atoms with E-state index in [1.165, 1.54) is 9.87 Å². The first-order chi connectivity index (χ1) is 28.0. The Morgan fingerprint density at radius 3 is 2.31 bits per heavy atom. The van der Waals surface area contributed by atoms with Crippen molar-refractivity contribution in [2.75, 3.05) is 18.6 Å². The largest absolute Gasteiger partial charge is 0.497 e. The van der Waals surface area contributed by atoms with Crippen LogP contribution in [0.25, 0.3) is 16.6 Å². The third kappa shape index (κ3) is 6.02. The standard InChI is InChI=1S/C47H48N4O6Si/c1-30-44(58(3,4)37-23-21-36(56-2)22-24-37)42(26-43(53)49-28-33-12-6-5-11-32(33)25-35(49)29-52)57-47(30)39-14-8-10-16-41(39)50(46(47)55)27-31-17-19-34(20-18-31)51-45(54)38-13-7-9-15-40(38)48-51/h5-24,30,35,42,44,48,52H,25-29H2,1-4H3/t30-,35-,42+,44-,47+/m0/s1. The average Bonchev–Trinajstić information content (AvgIpc) is 3.83. The molecular formula is C47H48N4O6Si. The molecule has 4 heterocycles. The molecule has 2 amide bonds. The van der Waals surface area contributed by atoms with Gasteiger partial charge in [-0.05, 0) is 71.1 Å². The van der Waals surface area contributed by atoms with Crippen molar-refractivity contribution >= 4 is 41.7 Å². The molecule has 58 heavy (non-hydrogen) atoms. The molecule has 11 heteroatoms.